The van der Waals surface area contributed by atoms with Crippen molar-refractivity contribution in [2.45, 2.75) is 24.9 Å². The van der Waals surface area contributed by atoms with Gasteiger partial charge in [-0.15, -0.1) is 0 Å². The fourth-order valence-electron chi connectivity index (χ4n) is 1.91. The number of aliphatic imine (C=N–C) groups is 1. The quantitative estimate of drug-likeness (QED) is 0.135. The number of carbonyl (C=O) groups is 2. The van der Waals surface area contributed by atoms with Crippen molar-refractivity contribution in [2.75, 3.05) is 20.2 Å². The van der Waals surface area contributed by atoms with E-state index in [0.29, 0.717) is 12.8 Å². The minimum Gasteiger partial charge on any atom is -0.394 e. The van der Waals surface area contributed by atoms with Gasteiger partial charge in [-0.1, -0.05) is 11.8 Å². The molecule has 0 aromatic heterocycles. The predicted octanol–water partition coefficient (Wildman–Crippen LogP) is -2.47. The summed E-state index contributed by atoms with van der Waals surface area (Å²) in [6.45, 7) is -0.235. The van der Waals surface area contributed by atoms with Gasteiger partial charge in [-0.3, -0.25) is 19.5 Å². The number of aliphatic hydroxyl groups is 2. The molecule has 0 saturated carbocycles. The summed E-state index contributed by atoms with van der Waals surface area (Å²) in [4.78, 5) is 26.4. The number of hydrogen-bond donors (Lipinski definition) is 4. The average Bonchev–Trinajstić information content (AvgIpc) is 2.94. The average molecular weight is 324 g/mol. The first-order chi connectivity index (χ1) is 11.1. The molecule has 23 heavy (non-hydrogen) atoms. The SMILES string of the molecule is CN=C(N)/C(C#CCNC=O)=C\N(C=O)C1CC(O)C(CO)O1. The van der Waals surface area contributed by atoms with Gasteiger partial charge in [0.25, 0.3) is 0 Å². The molecule has 9 nitrogen and oxygen atoms in total. The zero-order chi connectivity index (χ0) is 17.2. The summed E-state index contributed by atoms with van der Waals surface area (Å²) in [6.07, 6.45) is 0.150. The topological polar surface area (TPSA) is 137 Å². The van der Waals surface area contributed by atoms with Crippen LogP contribution in [0.5, 0.6) is 0 Å². The Hall–Kier alpha value is -2.41. The number of carbonyl (C=O) groups excluding carboxylic acids is 2. The molecule has 1 aliphatic heterocycles. The summed E-state index contributed by atoms with van der Waals surface area (Å²) in [6, 6.07) is 0. The molecule has 1 aliphatic rings. The summed E-state index contributed by atoms with van der Waals surface area (Å²) in [5.74, 6) is 5.46. The van der Waals surface area contributed by atoms with Crippen molar-refractivity contribution in [3.05, 3.63) is 11.8 Å². The molecule has 1 fully saturated rings. The minimum absolute atomic E-state index is 0.104. The molecule has 126 valence electrons. The van der Waals surface area contributed by atoms with Gasteiger partial charge >= 0.3 is 0 Å². The van der Waals surface area contributed by atoms with E-state index in [1.807, 2.05) is 0 Å². The second-order valence-electron chi connectivity index (χ2n) is 4.62. The maximum atomic E-state index is 11.3. The summed E-state index contributed by atoms with van der Waals surface area (Å²) < 4.78 is 5.40. The molecule has 5 N–H and O–H groups in total. The van der Waals surface area contributed by atoms with E-state index >= 15 is 0 Å². The first-order valence-corrected chi connectivity index (χ1v) is 6.84. The highest BCUT2D eigenvalue weighted by Gasteiger charge is 2.36. The highest BCUT2D eigenvalue weighted by Crippen LogP contribution is 2.23. The zero-order valence-corrected chi connectivity index (χ0v) is 12.7. The number of amidine groups is 1. The summed E-state index contributed by atoms with van der Waals surface area (Å²) in [7, 11) is 1.47. The summed E-state index contributed by atoms with van der Waals surface area (Å²) in [5, 5.41) is 21.2. The van der Waals surface area contributed by atoms with Gasteiger partial charge in [-0.05, 0) is 0 Å². The van der Waals surface area contributed by atoms with E-state index in [9.17, 15) is 14.7 Å². The van der Waals surface area contributed by atoms with Gasteiger partial charge in [0.05, 0.1) is 24.8 Å². The Kier molecular flexibility index (Phi) is 7.76. The van der Waals surface area contributed by atoms with Gasteiger partial charge in [-0.2, -0.15) is 0 Å². The third-order valence-electron chi connectivity index (χ3n) is 3.13. The van der Waals surface area contributed by atoms with Crippen molar-refractivity contribution >= 4 is 18.7 Å². The smallest absolute Gasteiger partial charge is 0.215 e. The molecule has 0 radical (unpaired) electrons. The number of ether oxygens (including phenoxy) is 1. The monoisotopic (exact) mass is 324 g/mol. The van der Waals surface area contributed by atoms with E-state index in [1.54, 1.807) is 0 Å². The molecule has 2 amide bonds. The molecule has 0 bridgehead atoms. The van der Waals surface area contributed by atoms with Crippen LogP contribution in [-0.4, -0.2) is 72.4 Å². The molecule has 9 heteroatoms. The Balaban J connectivity index is 2.95. The Labute approximate surface area is 133 Å². The molecule has 1 saturated heterocycles. The van der Waals surface area contributed by atoms with E-state index in [2.05, 4.69) is 22.2 Å². The van der Waals surface area contributed by atoms with Gasteiger partial charge in [-0.25, -0.2) is 0 Å². The Morgan fingerprint density at radius 1 is 1.57 bits per heavy atom. The lowest BCUT2D eigenvalue weighted by Gasteiger charge is -2.21. The predicted molar refractivity (Wildman–Crippen MR) is 81.7 cm³/mol. The largest absolute Gasteiger partial charge is 0.394 e. The van der Waals surface area contributed by atoms with Crippen LogP contribution in [0.3, 0.4) is 0 Å². The first-order valence-electron chi connectivity index (χ1n) is 6.84. The zero-order valence-electron chi connectivity index (χ0n) is 12.7. The van der Waals surface area contributed by atoms with E-state index < -0.39 is 18.4 Å². The number of amides is 2. The molecule has 0 spiro atoms. The van der Waals surface area contributed by atoms with Crippen molar-refractivity contribution in [2.24, 2.45) is 10.7 Å². The third kappa shape index (κ3) is 5.37. The molecule has 1 rings (SSSR count). The Morgan fingerprint density at radius 3 is 2.83 bits per heavy atom. The third-order valence-corrected chi connectivity index (χ3v) is 3.13. The maximum Gasteiger partial charge on any atom is 0.215 e. The maximum absolute atomic E-state index is 11.3. The lowest BCUT2D eigenvalue weighted by atomic mass is 10.2. The van der Waals surface area contributed by atoms with Crippen molar-refractivity contribution in [1.29, 1.82) is 0 Å². The van der Waals surface area contributed by atoms with Crippen LogP contribution in [0.15, 0.2) is 16.8 Å². The van der Waals surface area contributed by atoms with Gasteiger partial charge < -0.3 is 26.0 Å². The minimum atomic E-state index is -0.871. The van der Waals surface area contributed by atoms with Crippen LogP contribution >= 0.6 is 0 Å². The number of rotatable bonds is 7. The van der Waals surface area contributed by atoms with Crippen LogP contribution in [-0.2, 0) is 14.3 Å². The number of aliphatic hydroxyl groups excluding tert-OH is 2. The second-order valence-corrected chi connectivity index (χ2v) is 4.62. The van der Waals surface area contributed by atoms with Gasteiger partial charge in [0.1, 0.15) is 18.2 Å². The molecule has 0 aliphatic carbocycles. The number of hydrogen-bond acceptors (Lipinski definition) is 6. The van der Waals surface area contributed by atoms with Crippen LogP contribution in [0.2, 0.25) is 0 Å². The lowest BCUT2D eigenvalue weighted by molar-refractivity contribution is -0.128. The number of nitrogens with one attached hydrogen (secondary N) is 1. The van der Waals surface area contributed by atoms with Crippen molar-refractivity contribution in [3.63, 3.8) is 0 Å². The first kappa shape index (κ1) is 18.6. The standard InChI is InChI=1S/C14H20N4O5/c1-16-14(15)10(3-2-4-17-8-20)6-18(9-21)13-5-11(22)12(7-19)23-13/h6,8-9,11-13,19,22H,4-5,7H2,1H3,(H2,15,16)(H,17,20)/b10-6-. The molecule has 0 aromatic rings. The Morgan fingerprint density at radius 2 is 2.30 bits per heavy atom. The van der Waals surface area contributed by atoms with Crippen LogP contribution in [0.4, 0.5) is 0 Å². The Bertz CT molecular complexity index is 537. The molecular weight excluding hydrogens is 304 g/mol. The summed E-state index contributed by atoms with van der Waals surface area (Å²) in [5.41, 5.74) is 5.99. The molecule has 3 atom stereocenters. The fourth-order valence-corrected chi connectivity index (χ4v) is 1.91. The van der Waals surface area contributed by atoms with Crippen molar-refractivity contribution < 1.29 is 24.5 Å². The van der Waals surface area contributed by atoms with Crippen LogP contribution in [0.1, 0.15) is 6.42 Å². The van der Waals surface area contributed by atoms with E-state index in [-0.39, 0.29) is 31.0 Å². The highest BCUT2D eigenvalue weighted by molar-refractivity contribution is 6.01. The van der Waals surface area contributed by atoms with Crippen molar-refractivity contribution in [3.8, 4) is 11.8 Å². The highest BCUT2D eigenvalue weighted by atomic mass is 16.5. The second kappa shape index (κ2) is 9.58. The molecule has 3 unspecified atom stereocenters. The molecule has 1 heterocycles. The molecule has 0 aromatic carbocycles. The fraction of sp³-hybridized carbons (Fsp3) is 0.500. The van der Waals surface area contributed by atoms with Gasteiger partial charge in [0.15, 0.2) is 0 Å². The number of nitrogens with two attached hydrogens (primary N) is 1. The molecular formula is C14H20N4O5. The normalized spacial score (nSPS) is 24.6. The van der Waals surface area contributed by atoms with Crippen LogP contribution in [0.25, 0.3) is 0 Å². The van der Waals surface area contributed by atoms with Crippen LogP contribution < -0.4 is 11.1 Å². The van der Waals surface area contributed by atoms with E-state index in [1.165, 1.54) is 13.2 Å². The van der Waals surface area contributed by atoms with Crippen molar-refractivity contribution in [1.82, 2.24) is 10.2 Å². The van der Waals surface area contributed by atoms with E-state index in [4.69, 9.17) is 15.6 Å². The summed E-state index contributed by atoms with van der Waals surface area (Å²) >= 11 is 0. The van der Waals surface area contributed by atoms with Gasteiger partial charge in [0.2, 0.25) is 12.8 Å². The van der Waals surface area contributed by atoms with Gasteiger partial charge in [0, 0.05) is 19.7 Å². The van der Waals surface area contributed by atoms with E-state index in [0.717, 1.165) is 4.90 Å². The van der Waals surface area contributed by atoms with Crippen LogP contribution in [0, 0.1) is 11.8 Å². The number of nitrogens with zero attached hydrogens (tertiary/aromatic N) is 2. The lowest BCUT2D eigenvalue weighted by Crippen LogP contribution is -2.31.